The normalized spacial score (nSPS) is 46.6. The van der Waals surface area contributed by atoms with Crippen molar-refractivity contribution in [2.45, 2.75) is 83.4 Å². The van der Waals surface area contributed by atoms with E-state index in [1.54, 1.807) is 7.11 Å². The summed E-state index contributed by atoms with van der Waals surface area (Å²) in [6.45, 7) is 5.47. The maximum Gasteiger partial charge on any atom is 0.0882 e. The van der Waals surface area contributed by atoms with Crippen molar-refractivity contribution in [3.63, 3.8) is 0 Å². The molecule has 6 heteroatoms. The van der Waals surface area contributed by atoms with Gasteiger partial charge in [0.25, 0.3) is 0 Å². The summed E-state index contributed by atoms with van der Waals surface area (Å²) in [6, 6.07) is 0. The third kappa shape index (κ3) is 4.11. The molecule has 6 N–H and O–H groups in total. The van der Waals surface area contributed by atoms with Crippen molar-refractivity contribution >= 4 is 5.71 Å². The van der Waals surface area contributed by atoms with Crippen LogP contribution in [0, 0.1) is 46.3 Å². The van der Waals surface area contributed by atoms with Gasteiger partial charge in [0.1, 0.15) is 0 Å². The first-order valence-electron chi connectivity index (χ1n) is 12.3. The zero-order valence-electron chi connectivity index (χ0n) is 19.3. The van der Waals surface area contributed by atoms with Gasteiger partial charge < -0.3 is 21.0 Å². The van der Waals surface area contributed by atoms with Gasteiger partial charge in [0, 0.05) is 25.3 Å². The van der Waals surface area contributed by atoms with Crippen LogP contribution in [0.3, 0.4) is 0 Å². The molecule has 9 atom stereocenters. The lowest BCUT2D eigenvalue weighted by Crippen LogP contribution is -2.53. The van der Waals surface area contributed by atoms with Gasteiger partial charge in [-0.25, -0.2) is 5.43 Å². The minimum absolute atomic E-state index is 0.104. The van der Waals surface area contributed by atoms with Gasteiger partial charge in [0.2, 0.25) is 0 Å². The van der Waals surface area contributed by atoms with E-state index in [0.29, 0.717) is 25.0 Å². The molecule has 0 amide bonds. The predicted molar refractivity (Wildman–Crippen MR) is 120 cm³/mol. The fourth-order valence-electron chi connectivity index (χ4n) is 8.37. The van der Waals surface area contributed by atoms with Gasteiger partial charge in [-0.2, -0.15) is 0 Å². The third-order valence-corrected chi connectivity index (χ3v) is 9.55. The molecule has 4 fully saturated rings. The molecule has 0 aliphatic heterocycles. The Morgan fingerprint density at radius 3 is 2.63 bits per heavy atom. The van der Waals surface area contributed by atoms with Crippen LogP contribution in [0.5, 0.6) is 0 Å². The third-order valence-electron chi connectivity index (χ3n) is 9.55. The highest BCUT2D eigenvalue weighted by molar-refractivity contribution is 5.86. The van der Waals surface area contributed by atoms with E-state index in [1.165, 1.54) is 44.9 Å². The molecule has 30 heavy (non-hydrogen) atoms. The molecule has 6 nitrogen and oxygen atoms in total. The summed E-state index contributed by atoms with van der Waals surface area (Å²) in [4.78, 5) is 0. The lowest BCUT2D eigenvalue weighted by molar-refractivity contribution is -0.122. The topological polar surface area (TPSA) is 103 Å². The van der Waals surface area contributed by atoms with E-state index in [2.05, 4.69) is 17.8 Å². The second-order valence-electron chi connectivity index (χ2n) is 11.3. The highest BCUT2D eigenvalue weighted by atomic mass is 16.5. The molecule has 0 bridgehead atoms. The molecule has 4 aliphatic carbocycles. The number of hydrogen-bond donors (Lipinski definition) is 5. The Kier molecular flexibility index (Phi) is 6.63. The number of aliphatic hydroxyl groups is 1. The van der Waals surface area contributed by atoms with E-state index in [9.17, 15) is 5.11 Å². The van der Waals surface area contributed by atoms with Gasteiger partial charge in [-0.15, -0.1) is 0 Å². The minimum Gasteiger partial charge on any atom is -0.387 e. The SMILES string of the molecule is COC[C@@]1(O)CCC2C(CCC3C2CCC2(C)C(C(=N)CNNC(C)N)CCC32)C1. The monoisotopic (exact) mass is 420 g/mol. The molecule has 0 aromatic heterocycles. The Bertz CT molecular complexity index is 628. The largest absolute Gasteiger partial charge is 0.387 e. The Labute approximate surface area is 182 Å². The van der Waals surface area contributed by atoms with Crippen LogP contribution in [0.4, 0.5) is 0 Å². The molecule has 0 aromatic rings. The highest BCUT2D eigenvalue weighted by Crippen LogP contribution is 2.64. The fraction of sp³-hybridized carbons (Fsp3) is 0.958. The van der Waals surface area contributed by atoms with Gasteiger partial charge in [0.05, 0.1) is 18.4 Å². The number of hydrogen-bond acceptors (Lipinski definition) is 6. The number of fused-ring (bicyclic) bond motifs is 5. The van der Waals surface area contributed by atoms with E-state index in [0.717, 1.165) is 42.2 Å². The Morgan fingerprint density at radius 1 is 1.13 bits per heavy atom. The van der Waals surface area contributed by atoms with E-state index in [-0.39, 0.29) is 11.6 Å². The van der Waals surface area contributed by atoms with Crippen LogP contribution in [0.2, 0.25) is 0 Å². The summed E-state index contributed by atoms with van der Waals surface area (Å²) in [5, 5.41) is 19.7. The molecular formula is C24H44N4O2. The number of methoxy groups -OCH3 is 1. The van der Waals surface area contributed by atoms with Crippen LogP contribution in [-0.2, 0) is 4.74 Å². The molecule has 0 radical (unpaired) electrons. The summed E-state index contributed by atoms with van der Waals surface area (Å²) in [5.74, 6) is 4.30. The van der Waals surface area contributed by atoms with Crippen molar-refractivity contribution in [2.24, 2.45) is 46.7 Å². The van der Waals surface area contributed by atoms with Gasteiger partial charge in [-0.05, 0) is 99.7 Å². The second kappa shape index (κ2) is 8.78. The maximum atomic E-state index is 10.9. The first kappa shape index (κ1) is 22.7. The summed E-state index contributed by atoms with van der Waals surface area (Å²) in [6.07, 6.45) is 10.5. The van der Waals surface area contributed by atoms with Crippen LogP contribution in [0.1, 0.15) is 71.6 Å². The lowest BCUT2D eigenvalue weighted by atomic mass is 9.49. The zero-order chi connectivity index (χ0) is 21.5. The number of rotatable bonds is 7. The van der Waals surface area contributed by atoms with Crippen molar-refractivity contribution < 1.29 is 9.84 Å². The van der Waals surface area contributed by atoms with Gasteiger partial charge in [-0.3, -0.25) is 5.43 Å². The van der Waals surface area contributed by atoms with Crippen LogP contribution in [-0.4, -0.2) is 42.8 Å². The molecule has 0 saturated heterocycles. The number of hydrazine groups is 1. The van der Waals surface area contributed by atoms with Crippen molar-refractivity contribution in [1.29, 1.82) is 5.41 Å². The van der Waals surface area contributed by atoms with Crippen molar-refractivity contribution in [3.05, 3.63) is 0 Å². The average molecular weight is 421 g/mol. The number of nitrogens with one attached hydrogen (secondary N) is 3. The van der Waals surface area contributed by atoms with Crippen LogP contribution < -0.4 is 16.6 Å². The van der Waals surface area contributed by atoms with E-state index >= 15 is 0 Å². The molecule has 172 valence electrons. The summed E-state index contributed by atoms with van der Waals surface area (Å²) >= 11 is 0. The summed E-state index contributed by atoms with van der Waals surface area (Å²) < 4.78 is 5.33. The van der Waals surface area contributed by atoms with Crippen LogP contribution in [0.15, 0.2) is 0 Å². The standard InChI is InChI=1S/C24H44N4O2/c1-15(25)28-27-13-22(26)21-7-6-20-19-5-4-16-12-24(29,14-30-3)11-9-17(16)18(19)8-10-23(20,21)2/h15-21,26-29H,4-14,25H2,1-3H3/t15?,16?,17?,18?,19?,20?,21?,23?,24-/m1/s1. The van der Waals surface area contributed by atoms with E-state index in [1.807, 2.05) is 6.92 Å². The molecule has 4 saturated carbocycles. The highest BCUT2D eigenvalue weighted by Gasteiger charge is 2.58. The number of ether oxygens (including phenoxy) is 1. The number of nitrogens with two attached hydrogens (primary N) is 1. The smallest absolute Gasteiger partial charge is 0.0882 e. The van der Waals surface area contributed by atoms with Crippen molar-refractivity contribution in [2.75, 3.05) is 20.3 Å². The Hall–Kier alpha value is -0.530. The fourth-order valence-corrected chi connectivity index (χ4v) is 8.37. The molecule has 4 aliphatic rings. The second-order valence-corrected chi connectivity index (χ2v) is 11.3. The molecule has 0 aromatic carbocycles. The van der Waals surface area contributed by atoms with Gasteiger partial charge in [-0.1, -0.05) is 6.92 Å². The van der Waals surface area contributed by atoms with Crippen LogP contribution >= 0.6 is 0 Å². The quantitative estimate of drug-likeness (QED) is 0.247. The zero-order valence-corrected chi connectivity index (χ0v) is 19.3. The van der Waals surface area contributed by atoms with Crippen molar-refractivity contribution in [1.82, 2.24) is 10.9 Å². The Morgan fingerprint density at radius 2 is 1.90 bits per heavy atom. The van der Waals surface area contributed by atoms with Crippen molar-refractivity contribution in [3.8, 4) is 0 Å². The van der Waals surface area contributed by atoms with E-state index in [4.69, 9.17) is 15.9 Å². The van der Waals surface area contributed by atoms with Gasteiger partial charge >= 0.3 is 0 Å². The first-order valence-corrected chi connectivity index (χ1v) is 12.3. The van der Waals surface area contributed by atoms with Crippen LogP contribution in [0.25, 0.3) is 0 Å². The summed E-state index contributed by atoms with van der Waals surface area (Å²) in [5.41, 5.74) is 12.5. The molecule has 0 spiro atoms. The van der Waals surface area contributed by atoms with E-state index < -0.39 is 5.60 Å². The van der Waals surface area contributed by atoms with Gasteiger partial charge in [0.15, 0.2) is 0 Å². The molecule has 4 rings (SSSR count). The molecule has 0 heterocycles. The predicted octanol–water partition coefficient (Wildman–Crippen LogP) is 3.05. The molecular weight excluding hydrogens is 376 g/mol. The maximum absolute atomic E-state index is 10.9. The Balaban J connectivity index is 1.41. The lowest BCUT2D eigenvalue weighted by Gasteiger charge is -2.57. The first-order chi connectivity index (χ1) is 14.3. The molecule has 8 unspecified atom stereocenters. The summed E-state index contributed by atoms with van der Waals surface area (Å²) in [7, 11) is 1.71. The average Bonchev–Trinajstić information content (AvgIpc) is 3.04. The minimum atomic E-state index is -0.596.